The van der Waals surface area contributed by atoms with Gasteiger partial charge in [0.25, 0.3) is 0 Å². The molecule has 0 heterocycles. The molecule has 0 bridgehead atoms. The van der Waals surface area contributed by atoms with Crippen LogP contribution in [0.3, 0.4) is 0 Å². The molecule has 0 N–H and O–H groups in total. The second-order valence-corrected chi connectivity index (χ2v) is 3.66. The van der Waals surface area contributed by atoms with Gasteiger partial charge in [-0.25, -0.2) is 0 Å². The van der Waals surface area contributed by atoms with Gasteiger partial charge in [0.2, 0.25) is 0 Å². The largest absolute Gasteiger partial charge is 0.497 e. The van der Waals surface area contributed by atoms with E-state index in [0.29, 0.717) is 6.04 Å². The summed E-state index contributed by atoms with van der Waals surface area (Å²) in [6.07, 6.45) is 1.12. The van der Waals surface area contributed by atoms with Gasteiger partial charge in [0.1, 0.15) is 5.75 Å². The molecule has 1 unspecified atom stereocenters. The van der Waals surface area contributed by atoms with Crippen LogP contribution < -0.4 is 4.74 Å². The second kappa shape index (κ2) is 8.17. The molecule has 0 radical (unpaired) electrons. The molecule has 0 aliphatic rings. The molecule has 1 aromatic rings. The number of rotatable bonds is 4. The lowest BCUT2D eigenvalue weighted by molar-refractivity contribution is 0.291. The Bertz CT molecular complexity index is 267. The monoisotopic (exact) mass is 223 g/mol. The van der Waals surface area contributed by atoms with Gasteiger partial charge in [-0.15, -0.1) is 0 Å². The summed E-state index contributed by atoms with van der Waals surface area (Å²) >= 11 is 0. The van der Waals surface area contributed by atoms with Crippen molar-refractivity contribution in [1.29, 1.82) is 0 Å². The van der Waals surface area contributed by atoms with Crippen LogP contribution in [0.5, 0.6) is 5.75 Å². The first kappa shape index (κ1) is 15.0. The molecule has 0 spiro atoms. The Morgan fingerprint density at radius 3 is 1.94 bits per heavy atom. The number of methoxy groups -OCH3 is 1. The molecule has 1 aromatic carbocycles. The summed E-state index contributed by atoms with van der Waals surface area (Å²) in [6, 6.07) is 8.80. The number of nitrogens with zero attached hydrogens (tertiary/aromatic N) is 1. The molecule has 1 atom stereocenters. The molecule has 0 fully saturated rings. The van der Waals surface area contributed by atoms with Gasteiger partial charge in [-0.3, -0.25) is 0 Å². The van der Waals surface area contributed by atoms with Crippen molar-refractivity contribution in [3.8, 4) is 5.75 Å². The number of hydrogen-bond donors (Lipinski definition) is 0. The fourth-order valence-electron chi connectivity index (χ4n) is 1.73. The number of hydrogen-bond acceptors (Lipinski definition) is 2. The predicted octanol–water partition coefficient (Wildman–Crippen LogP) is 3.73. The van der Waals surface area contributed by atoms with Gasteiger partial charge >= 0.3 is 0 Å². The second-order valence-electron chi connectivity index (χ2n) is 3.66. The standard InChI is InChI=1S/C12H19NO.C2H6/c1-5-12(13(2)3)10-6-8-11(14-4)9-7-10;1-2/h6-9,12H,5H2,1-4H3;1-2H3. The minimum absolute atomic E-state index is 0.501. The van der Waals surface area contributed by atoms with E-state index in [4.69, 9.17) is 4.74 Å². The van der Waals surface area contributed by atoms with E-state index in [-0.39, 0.29) is 0 Å². The molecule has 0 amide bonds. The van der Waals surface area contributed by atoms with Crippen molar-refractivity contribution in [2.75, 3.05) is 21.2 Å². The Balaban J connectivity index is 0.00000106. The first-order valence-corrected chi connectivity index (χ1v) is 5.99. The lowest BCUT2D eigenvalue weighted by Gasteiger charge is -2.23. The van der Waals surface area contributed by atoms with E-state index in [2.05, 4.69) is 38.1 Å². The summed E-state index contributed by atoms with van der Waals surface area (Å²) in [7, 11) is 5.91. The van der Waals surface area contributed by atoms with Crippen LogP contribution in [-0.2, 0) is 0 Å². The zero-order valence-electron chi connectivity index (χ0n) is 11.4. The number of ether oxygens (including phenoxy) is 1. The molecular formula is C14H25NO. The van der Waals surface area contributed by atoms with Gasteiger partial charge < -0.3 is 9.64 Å². The average Bonchev–Trinajstić information content (AvgIpc) is 2.33. The summed E-state index contributed by atoms with van der Waals surface area (Å²) < 4.78 is 5.13. The molecule has 0 saturated heterocycles. The van der Waals surface area contributed by atoms with Gasteiger partial charge in [-0.1, -0.05) is 32.9 Å². The molecule has 2 heteroatoms. The number of benzene rings is 1. The third kappa shape index (κ3) is 4.23. The highest BCUT2D eigenvalue weighted by Crippen LogP contribution is 2.23. The Labute approximate surface area is 100 Å². The van der Waals surface area contributed by atoms with Crippen LogP contribution in [0.4, 0.5) is 0 Å². The van der Waals surface area contributed by atoms with Crippen LogP contribution in [0.1, 0.15) is 38.8 Å². The first-order valence-electron chi connectivity index (χ1n) is 5.99. The Morgan fingerprint density at radius 2 is 1.62 bits per heavy atom. The molecule has 0 saturated carbocycles. The predicted molar refractivity (Wildman–Crippen MR) is 71.1 cm³/mol. The third-order valence-corrected chi connectivity index (χ3v) is 2.51. The molecule has 0 aliphatic carbocycles. The lowest BCUT2D eigenvalue weighted by Crippen LogP contribution is -2.18. The van der Waals surface area contributed by atoms with E-state index in [1.54, 1.807) is 7.11 Å². The minimum atomic E-state index is 0.501. The van der Waals surface area contributed by atoms with Gasteiger partial charge in [-0.05, 0) is 38.2 Å². The van der Waals surface area contributed by atoms with E-state index in [1.807, 2.05) is 26.0 Å². The topological polar surface area (TPSA) is 12.5 Å². The summed E-state index contributed by atoms with van der Waals surface area (Å²) in [5.74, 6) is 0.919. The van der Waals surface area contributed by atoms with Crippen LogP contribution in [0.2, 0.25) is 0 Å². The van der Waals surface area contributed by atoms with E-state index < -0.39 is 0 Å². The fraction of sp³-hybridized carbons (Fsp3) is 0.571. The van der Waals surface area contributed by atoms with Crippen LogP contribution in [0, 0.1) is 0 Å². The van der Waals surface area contributed by atoms with Crippen molar-refractivity contribution < 1.29 is 4.74 Å². The van der Waals surface area contributed by atoms with Crippen LogP contribution in [-0.4, -0.2) is 26.1 Å². The molecule has 16 heavy (non-hydrogen) atoms. The van der Waals surface area contributed by atoms with Gasteiger partial charge in [0, 0.05) is 6.04 Å². The SMILES string of the molecule is CC.CCC(c1ccc(OC)cc1)N(C)C. The maximum atomic E-state index is 5.13. The van der Waals surface area contributed by atoms with Crippen molar-refractivity contribution in [2.24, 2.45) is 0 Å². The normalized spacial score (nSPS) is 11.7. The first-order chi connectivity index (χ1) is 7.69. The van der Waals surface area contributed by atoms with E-state index >= 15 is 0 Å². The van der Waals surface area contributed by atoms with Crippen LogP contribution in [0.15, 0.2) is 24.3 Å². The zero-order valence-corrected chi connectivity index (χ0v) is 11.4. The summed E-state index contributed by atoms with van der Waals surface area (Å²) in [4.78, 5) is 2.24. The summed E-state index contributed by atoms with van der Waals surface area (Å²) in [6.45, 7) is 6.20. The van der Waals surface area contributed by atoms with Crippen molar-refractivity contribution in [3.05, 3.63) is 29.8 Å². The highest BCUT2D eigenvalue weighted by molar-refractivity contribution is 5.29. The Kier molecular flexibility index (Phi) is 7.65. The summed E-state index contributed by atoms with van der Waals surface area (Å²) in [5.41, 5.74) is 1.35. The fourth-order valence-corrected chi connectivity index (χ4v) is 1.73. The highest BCUT2D eigenvalue weighted by Gasteiger charge is 2.10. The van der Waals surface area contributed by atoms with Gasteiger partial charge in [0.05, 0.1) is 7.11 Å². The van der Waals surface area contributed by atoms with Crippen molar-refractivity contribution in [2.45, 2.75) is 33.2 Å². The Hall–Kier alpha value is -1.02. The smallest absolute Gasteiger partial charge is 0.118 e. The quantitative estimate of drug-likeness (QED) is 0.771. The van der Waals surface area contributed by atoms with Crippen molar-refractivity contribution >= 4 is 0 Å². The van der Waals surface area contributed by atoms with Gasteiger partial charge in [0.15, 0.2) is 0 Å². The lowest BCUT2D eigenvalue weighted by atomic mass is 10.0. The third-order valence-electron chi connectivity index (χ3n) is 2.51. The maximum Gasteiger partial charge on any atom is 0.118 e. The van der Waals surface area contributed by atoms with Crippen molar-refractivity contribution in [3.63, 3.8) is 0 Å². The average molecular weight is 223 g/mol. The maximum absolute atomic E-state index is 5.13. The molecule has 1 rings (SSSR count). The van der Waals surface area contributed by atoms with E-state index in [1.165, 1.54) is 5.56 Å². The Morgan fingerprint density at radius 1 is 1.12 bits per heavy atom. The molecule has 92 valence electrons. The molecule has 2 nitrogen and oxygen atoms in total. The molecular weight excluding hydrogens is 198 g/mol. The van der Waals surface area contributed by atoms with E-state index in [0.717, 1.165) is 12.2 Å². The van der Waals surface area contributed by atoms with Crippen LogP contribution in [0.25, 0.3) is 0 Å². The summed E-state index contributed by atoms with van der Waals surface area (Å²) in [5, 5.41) is 0. The molecule has 0 aliphatic heterocycles. The van der Waals surface area contributed by atoms with Crippen molar-refractivity contribution in [1.82, 2.24) is 4.90 Å². The molecule has 0 aromatic heterocycles. The highest BCUT2D eigenvalue weighted by atomic mass is 16.5. The zero-order chi connectivity index (χ0) is 12.6. The van der Waals surface area contributed by atoms with Crippen LogP contribution >= 0.6 is 0 Å². The van der Waals surface area contributed by atoms with E-state index in [9.17, 15) is 0 Å². The minimum Gasteiger partial charge on any atom is -0.497 e. The van der Waals surface area contributed by atoms with Gasteiger partial charge in [-0.2, -0.15) is 0 Å².